The number of hydrogen-bond donors (Lipinski definition) is 0. The van der Waals surface area contributed by atoms with Crippen LogP contribution in [0.5, 0.6) is 0 Å². The van der Waals surface area contributed by atoms with Crippen LogP contribution < -0.4 is 0 Å². The zero-order valence-electron chi connectivity index (χ0n) is 13.2. The van der Waals surface area contributed by atoms with Gasteiger partial charge in [-0.15, -0.1) is 4.79 Å². The molecular formula is C15H20N2O4S2. The smallest absolute Gasteiger partial charge is 0.359 e. The summed E-state index contributed by atoms with van der Waals surface area (Å²) in [7, 11) is -8.60. The molecule has 1 saturated carbocycles. The third kappa shape index (κ3) is 3.39. The molecule has 0 radical (unpaired) electrons. The Balaban J connectivity index is 2.56. The van der Waals surface area contributed by atoms with E-state index in [1.807, 2.05) is 0 Å². The van der Waals surface area contributed by atoms with Crippen molar-refractivity contribution in [3.63, 3.8) is 0 Å². The molecule has 0 aliphatic heterocycles. The fraction of sp³-hybridized carbons (Fsp3) is 0.533. The lowest BCUT2D eigenvalue weighted by molar-refractivity contribution is 0.00370. The van der Waals surface area contributed by atoms with Crippen LogP contribution in [0.3, 0.4) is 0 Å². The second kappa shape index (κ2) is 6.55. The van der Waals surface area contributed by atoms with Crippen LogP contribution in [0.1, 0.15) is 43.2 Å². The third-order valence-corrected chi connectivity index (χ3v) is 9.01. The van der Waals surface area contributed by atoms with Crippen molar-refractivity contribution in [2.24, 2.45) is 0 Å². The minimum atomic E-state index is -4.40. The summed E-state index contributed by atoms with van der Waals surface area (Å²) in [6.07, 6.45) is 3.17. The van der Waals surface area contributed by atoms with Crippen LogP contribution >= 0.6 is 0 Å². The molecule has 1 fully saturated rings. The number of benzene rings is 1. The van der Waals surface area contributed by atoms with Crippen molar-refractivity contribution in [1.29, 1.82) is 0 Å². The lowest BCUT2D eigenvalue weighted by Crippen LogP contribution is -2.36. The molecule has 1 aromatic rings. The summed E-state index contributed by atoms with van der Waals surface area (Å²) in [5, 5.41) is -0.804. The van der Waals surface area contributed by atoms with Crippen molar-refractivity contribution in [2.45, 2.75) is 56.1 Å². The van der Waals surface area contributed by atoms with E-state index in [4.69, 9.17) is 0 Å². The molecule has 0 N–H and O–H groups in total. The molecule has 0 unspecified atom stereocenters. The molecule has 1 aromatic carbocycles. The molecule has 1 aliphatic carbocycles. The van der Waals surface area contributed by atoms with Gasteiger partial charge in [-0.1, -0.05) is 31.4 Å². The molecule has 0 bridgehead atoms. The predicted molar refractivity (Wildman–Crippen MR) is 87.5 cm³/mol. The monoisotopic (exact) mass is 356 g/mol. The minimum absolute atomic E-state index is 0.135. The van der Waals surface area contributed by atoms with E-state index in [1.54, 1.807) is 26.0 Å². The van der Waals surface area contributed by atoms with Crippen LogP contribution in [-0.4, -0.2) is 31.3 Å². The topological polar surface area (TPSA) is 105 Å². The Labute approximate surface area is 137 Å². The van der Waals surface area contributed by atoms with Crippen LogP contribution in [0.15, 0.2) is 23.1 Å². The molecule has 126 valence electrons. The summed E-state index contributed by atoms with van der Waals surface area (Å²) < 4.78 is 49.7. The number of hydrogen-bond acceptors (Lipinski definition) is 4. The fourth-order valence-corrected chi connectivity index (χ4v) is 7.25. The SMILES string of the molecule is Cc1ccc(C)c(S(=O)(=O)C(=[N+]=[N-])S(=O)(=O)C2CCCCC2)c1. The fourth-order valence-electron chi connectivity index (χ4n) is 2.87. The Morgan fingerprint density at radius 3 is 2.26 bits per heavy atom. The average Bonchev–Trinajstić information content (AvgIpc) is 2.50. The Morgan fingerprint density at radius 2 is 1.70 bits per heavy atom. The largest absolute Gasteiger partial charge is 0.499 e. The normalized spacial score (nSPS) is 16.8. The quantitative estimate of drug-likeness (QED) is 0.351. The van der Waals surface area contributed by atoms with E-state index in [-0.39, 0.29) is 4.90 Å². The van der Waals surface area contributed by atoms with E-state index in [0.29, 0.717) is 24.0 Å². The van der Waals surface area contributed by atoms with Gasteiger partial charge < -0.3 is 5.53 Å². The highest BCUT2D eigenvalue weighted by Crippen LogP contribution is 2.28. The molecule has 0 atom stereocenters. The second-order valence-electron chi connectivity index (χ2n) is 5.94. The van der Waals surface area contributed by atoms with Gasteiger partial charge >= 0.3 is 4.38 Å². The van der Waals surface area contributed by atoms with Crippen LogP contribution in [0, 0.1) is 13.8 Å². The van der Waals surface area contributed by atoms with Gasteiger partial charge in [-0.25, -0.2) is 16.8 Å². The standard InChI is InChI=1S/C15H20N2O4S2/c1-11-8-9-12(2)14(10-11)23(20,21)15(17-16)22(18,19)13-6-4-3-5-7-13/h8-10,13H,3-7H2,1-2H3. The van der Waals surface area contributed by atoms with Crippen molar-refractivity contribution in [3.05, 3.63) is 34.9 Å². The lowest BCUT2D eigenvalue weighted by atomic mass is 10.0. The zero-order chi connectivity index (χ0) is 17.3. The van der Waals surface area contributed by atoms with Crippen LogP contribution in [0.2, 0.25) is 0 Å². The first-order valence-electron chi connectivity index (χ1n) is 7.49. The first-order chi connectivity index (χ1) is 10.7. The molecule has 0 spiro atoms. The van der Waals surface area contributed by atoms with Gasteiger partial charge in [0.25, 0.3) is 19.7 Å². The lowest BCUT2D eigenvalue weighted by Gasteiger charge is -2.19. The van der Waals surface area contributed by atoms with Crippen LogP contribution in [-0.2, 0) is 19.7 Å². The summed E-state index contributed by atoms with van der Waals surface area (Å²) in [5.74, 6) is 0. The van der Waals surface area contributed by atoms with Gasteiger partial charge in [0.05, 0.1) is 10.1 Å². The number of nitrogens with zero attached hydrogens (tertiary/aromatic N) is 2. The van der Waals surface area contributed by atoms with Crippen molar-refractivity contribution in [3.8, 4) is 0 Å². The second-order valence-corrected chi connectivity index (χ2v) is 10.2. The summed E-state index contributed by atoms with van der Waals surface area (Å²) in [6.45, 7) is 3.29. The van der Waals surface area contributed by atoms with Crippen molar-refractivity contribution in [1.82, 2.24) is 0 Å². The van der Waals surface area contributed by atoms with Gasteiger partial charge in [-0.05, 0) is 43.9 Å². The number of rotatable bonds is 2. The van der Waals surface area contributed by atoms with Gasteiger partial charge in [-0.2, -0.15) is 0 Å². The average molecular weight is 356 g/mol. The van der Waals surface area contributed by atoms with Gasteiger partial charge in [0.15, 0.2) is 0 Å². The Bertz CT molecular complexity index is 861. The molecule has 8 heteroatoms. The maximum atomic E-state index is 12.8. The first kappa shape index (κ1) is 17.8. The van der Waals surface area contributed by atoms with E-state index in [1.165, 1.54) is 6.07 Å². The molecule has 0 saturated heterocycles. The molecule has 2 rings (SSSR count). The Hall–Kier alpha value is -1.50. The molecule has 0 amide bonds. The number of sulfone groups is 2. The Kier molecular flexibility index (Phi) is 5.08. The third-order valence-electron chi connectivity index (χ3n) is 4.18. The zero-order valence-corrected chi connectivity index (χ0v) is 14.8. The van der Waals surface area contributed by atoms with E-state index >= 15 is 0 Å². The molecule has 6 nitrogen and oxygen atoms in total. The summed E-state index contributed by atoms with van der Waals surface area (Å²) in [5.41, 5.74) is 10.3. The highest BCUT2D eigenvalue weighted by Gasteiger charge is 2.47. The van der Waals surface area contributed by atoms with E-state index in [2.05, 4.69) is 4.79 Å². The van der Waals surface area contributed by atoms with Gasteiger partial charge in [-0.3, -0.25) is 0 Å². The maximum absolute atomic E-state index is 12.8. The van der Waals surface area contributed by atoms with E-state index in [0.717, 1.165) is 19.3 Å². The molecule has 23 heavy (non-hydrogen) atoms. The highest BCUT2D eigenvalue weighted by atomic mass is 32.3. The first-order valence-corrected chi connectivity index (χ1v) is 10.5. The maximum Gasteiger partial charge on any atom is 0.499 e. The summed E-state index contributed by atoms with van der Waals surface area (Å²) in [4.78, 5) is 2.56. The van der Waals surface area contributed by atoms with Crippen molar-refractivity contribution < 1.29 is 21.6 Å². The highest BCUT2D eigenvalue weighted by molar-refractivity contribution is 8.31. The molecule has 0 heterocycles. The summed E-state index contributed by atoms with van der Waals surface area (Å²) >= 11 is 0. The van der Waals surface area contributed by atoms with Crippen LogP contribution in [0.25, 0.3) is 5.53 Å². The van der Waals surface area contributed by atoms with Gasteiger partial charge in [0.1, 0.15) is 0 Å². The van der Waals surface area contributed by atoms with E-state index in [9.17, 15) is 22.4 Å². The Morgan fingerprint density at radius 1 is 1.09 bits per heavy atom. The van der Waals surface area contributed by atoms with Crippen LogP contribution in [0.4, 0.5) is 0 Å². The predicted octanol–water partition coefficient (Wildman–Crippen LogP) is 2.41. The minimum Gasteiger partial charge on any atom is -0.359 e. The number of aryl methyl sites for hydroxylation is 2. The molecular weight excluding hydrogens is 336 g/mol. The van der Waals surface area contributed by atoms with Crippen molar-refractivity contribution in [2.75, 3.05) is 0 Å². The van der Waals surface area contributed by atoms with Gasteiger partial charge in [0, 0.05) is 0 Å². The molecule has 0 aromatic heterocycles. The van der Waals surface area contributed by atoms with E-state index < -0.39 is 29.3 Å². The molecule has 1 aliphatic rings. The van der Waals surface area contributed by atoms with Gasteiger partial charge in [0.2, 0.25) is 0 Å². The summed E-state index contributed by atoms with van der Waals surface area (Å²) in [6, 6.07) is 4.73. The van der Waals surface area contributed by atoms with Crippen molar-refractivity contribution >= 4 is 24.1 Å².